The molecule has 0 saturated heterocycles. The molecule has 0 aliphatic rings. The maximum absolute atomic E-state index is 2.53. The van der Waals surface area contributed by atoms with Crippen LogP contribution in [-0.2, 0) is 0 Å². The summed E-state index contributed by atoms with van der Waals surface area (Å²) in [5.74, 6) is 1.94. The Kier molecular flexibility index (Phi) is 21.3. The summed E-state index contributed by atoms with van der Waals surface area (Å²) in [4.78, 5) is 0. The van der Waals surface area contributed by atoms with Crippen molar-refractivity contribution in [3.8, 4) is 0 Å². The highest BCUT2D eigenvalue weighted by Crippen LogP contribution is 2.27. The van der Waals surface area contributed by atoms with Gasteiger partial charge in [-0.1, -0.05) is 156 Å². The van der Waals surface area contributed by atoms with Gasteiger partial charge < -0.3 is 0 Å². The molecule has 0 radical (unpaired) electrons. The van der Waals surface area contributed by atoms with Crippen molar-refractivity contribution in [2.24, 2.45) is 11.8 Å². The first-order valence-electron chi connectivity index (χ1n) is 12.8. The SMILES string of the molecule is CCCCCCCCCCCC(CC)C(C)CCCCCCCCCC. The van der Waals surface area contributed by atoms with Gasteiger partial charge in [0.1, 0.15) is 0 Å². The summed E-state index contributed by atoms with van der Waals surface area (Å²) in [5.41, 5.74) is 0. The lowest BCUT2D eigenvalue weighted by molar-refractivity contribution is 0.290. The van der Waals surface area contributed by atoms with E-state index in [1.54, 1.807) is 0 Å². The van der Waals surface area contributed by atoms with Crippen LogP contribution < -0.4 is 0 Å². The van der Waals surface area contributed by atoms with E-state index < -0.39 is 0 Å². The third-order valence-corrected chi connectivity index (χ3v) is 6.52. The van der Waals surface area contributed by atoms with E-state index >= 15 is 0 Å². The van der Waals surface area contributed by atoms with Gasteiger partial charge in [-0.05, 0) is 11.8 Å². The molecule has 0 spiro atoms. The van der Waals surface area contributed by atoms with E-state index in [9.17, 15) is 0 Å². The monoisotopic (exact) mass is 366 g/mol. The standard InChI is InChI=1S/C26H54/c1-5-8-10-12-14-16-18-20-22-24-26(7-3)25(4)23-21-19-17-15-13-11-9-6-2/h25-26H,5-24H2,1-4H3. The van der Waals surface area contributed by atoms with Gasteiger partial charge in [0.2, 0.25) is 0 Å². The largest absolute Gasteiger partial charge is 0.0654 e. The molecule has 0 amide bonds. The molecule has 0 aliphatic carbocycles. The molecule has 0 aromatic carbocycles. The second kappa shape index (κ2) is 21.3. The lowest BCUT2D eigenvalue weighted by Crippen LogP contribution is -2.11. The van der Waals surface area contributed by atoms with Gasteiger partial charge in [0.25, 0.3) is 0 Å². The summed E-state index contributed by atoms with van der Waals surface area (Å²) >= 11 is 0. The van der Waals surface area contributed by atoms with Crippen LogP contribution in [-0.4, -0.2) is 0 Å². The van der Waals surface area contributed by atoms with Crippen LogP contribution in [0.4, 0.5) is 0 Å². The fourth-order valence-electron chi connectivity index (χ4n) is 4.44. The predicted molar refractivity (Wildman–Crippen MR) is 122 cm³/mol. The van der Waals surface area contributed by atoms with E-state index in [4.69, 9.17) is 0 Å². The molecule has 0 bridgehead atoms. The van der Waals surface area contributed by atoms with E-state index in [-0.39, 0.29) is 0 Å². The van der Waals surface area contributed by atoms with Crippen LogP contribution in [0.25, 0.3) is 0 Å². The summed E-state index contributed by atoms with van der Waals surface area (Å²) in [5, 5.41) is 0. The summed E-state index contributed by atoms with van der Waals surface area (Å²) in [6.07, 6.45) is 29.2. The molecule has 0 aliphatic heterocycles. The Morgan fingerprint density at radius 3 is 1.15 bits per heavy atom. The molecular formula is C26H54. The zero-order chi connectivity index (χ0) is 19.3. The van der Waals surface area contributed by atoms with E-state index in [1.165, 1.54) is 128 Å². The first-order chi connectivity index (χ1) is 12.8. The normalized spacial score (nSPS) is 13.8. The van der Waals surface area contributed by atoms with Gasteiger partial charge in [-0.25, -0.2) is 0 Å². The third-order valence-electron chi connectivity index (χ3n) is 6.52. The number of rotatable bonds is 21. The molecule has 26 heavy (non-hydrogen) atoms. The van der Waals surface area contributed by atoms with Crippen molar-refractivity contribution in [1.29, 1.82) is 0 Å². The predicted octanol–water partition coefficient (Wildman–Crippen LogP) is 10.1. The first kappa shape index (κ1) is 26.0. The Morgan fingerprint density at radius 1 is 0.423 bits per heavy atom. The number of unbranched alkanes of at least 4 members (excludes halogenated alkanes) is 15. The topological polar surface area (TPSA) is 0 Å². The molecule has 0 saturated carbocycles. The fraction of sp³-hybridized carbons (Fsp3) is 1.00. The molecule has 0 heterocycles. The van der Waals surface area contributed by atoms with Gasteiger partial charge in [0.05, 0.1) is 0 Å². The molecule has 0 aromatic heterocycles. The van der Waals surface area contributed by atoms with Crippen LogP contribution in [0.5, 0.6) is 0 Å². The lowest BCUT2D eigenvalue weighted by Gasteiger charge is -2.22. The quantitative estimate of drug-likeness (QED) is 0.177. The second-order valence-corrected chi connectivity index (χ2v) is 9.03. The van der Waals surface area contributed by atoms with Crippen molar-refractivity contribution in [2.45, 2.75) is 156 Å². The van der Waals surface area contributed by atoms with E-state index in [0.29, 0.717) is 0 Å². The van der Waals surface area contributed by atoms with Crippen molar-refractivity contribution in [3.63, 3.8) is 0 Å². The van der Waals surface area contributed by atoms with Crippen LogP contribution in [0.3, 0.4) is 0 Å². The Labute approximate surface area is 168 Å². The van der Waals surface area contributed by atoms with Gasteiger partial charge in [-0.3, -0.25) is 0 Å². The van der Waals surface area contributed by atoms with Crippen LogP contribution in [0.1, 0.15) is 156 Å². The van der Waals surface area contributed by atoms with Gasteiger partial charge in [0.15, 0.2) is 0 Å². The van der Waals surface area contributed by atoms with Gasteiger partial charge >= 0.3 is 0 Å². The molecule has 0 aromatic rings. The fourth-order valence-corrected chi connectivity index (χ4v) is 4.44. The lowest BCUT2D eigenvalue weighted by atomic mass is 9.83. The molecule has 2 unspecified atom stereocenters. The smallest absolute Gasteiger partial charge is 0.0391 e. The molecular weight excluding hydrogens is 312 g/mol. The minimum Gasteiger partial charge on any atom is -0.0654 e. The van der Waals surface area contributed by atoms with E-state index in [0.717, 1.165) is 11.8 Å². The van der Waals surface area contributed by atoms with Crippen molar-refractivity contribution < 1.29 is 0 Å². The van der Waals surface area contributed by atoms with E-state index in [1.807, 2.05) is 0 Å². The minimum atomic E-state index is 0.953. The Morgan fingerprint density at radius 2 is 0.769 bits per heavy atom. The zero-order valence-corrected chi connectivity index (χ0v) is 19.3. The van der Waals surface area contributed by atoms with Crippen LogP contribution in [0.2, 0.25) is 0 Å². The number of hydrogen-bond donors (Lipinski definition) is 0. The maximum atomic E-state index is 2.53. The van der Waals surface area contributed by atoms with Crippen LogP contribution in [0.15, 0.2) is 0 Å². The molecule has 2 atom stereocenters. The zero-order valence-electron chi connectivity index (χ0n) is 19.3. The highest BCUT2D eigenvalue weighted by molar-refractivity contribution is 4.66. The van der Waals surface area contributed by atoms with Crippen LogP contribution in [0, 0.1) is 11.8 Å². The summed E-state index contributed by atoms with van der Waals surface area (Å²) in [7, 11) is 0. The van der Waals surface area contributed by atoms with Crippen molar-refractivity contribution in [1.82, 2.24) is 0 Å². The molecule has 0 nitrogen and oxygen atoms in total. The minimum absolute atomic E-state index is 0.953. The highest BCUT2D eigenvalue weighted by Gasteiger charge is 2.14. The molecule has 0 fully saturated rings. The summed E-state index contributed by atoms with van der Waals surface area (Å²) < 4.78 is 0. The van der Waals surface area contributed by atoms with Gasteiger partial charge in [-0.2, -0.15) is 0 Å². The molecule has 0 heteroatoms. The molecule has 158 valence electrons. The van der Waals surface area contributed by atoms with Crippen molar-refractivity contribution in [3.05, 3.63) is 0 Å². The summed E-state index contributed by atoms with van der Waals surface area (Å²) in [6.45, 7) is 9.56. The second-order valence-electron chi connectivity index (χ2n) is 9.03. The van der Waals surface area contributed by atoms with Crippen molar-refractivity contribution in [2.75, 3.05) is 0 Å². The summed E-state index contributed by atoms with van der Waals surface area (Å²) in [6, 6.07) is 0. The average molecular weight is 367 g/mol. The van der Waals surface area contributed by atoms with Crippen LogP contribution >= 0.6 is 0 Å². The molecule has 0 N–H and O–H groups in total. The van der Waals surface area contributed by atoms with Crippen molar-refractivity contribution >= 4 is 0 Å². The maximum Gasteiger partial charge on any atom is -0.0391 e. The average Bonchev–Trinajstić information content (AvgIpc) is 2.65. The van der Waals surface area contributed by atoms with E-state index in [2.05, 4.69) is 27.7 Å². The highest BCUT2D eigenvalue weighted by atomic mass is 14.2. The molecule has 0 rings (SSSR count). The Hall–Kier alpha value is 0. The Bertz CT molecular complexity index is 244. The van der Waals surface area contributed by atoms with Gasteiger partial charge in [0, 0.05) is 0 Å². The third kappa shape index (κ3) is 17.4. The number of hydrogen-bond acceptors (Lipinski definition) is 0. The Balaban J connectivity index is 3.48. The van der Waals surface area contributed by atoms with Gasteiger partial charge in [-0.15, -0.1) is 0 Å². The first-order valence-corrected chi connectivity index (χ1v) is 12.8.